The number of rotatable bonds is 6. The highest BCUT2D eigenvalue weighted by molar-refractivity contribution is 6.31. The second-order valence-electron chi connectivity index (χ2n) is 3.73. The molecular weight excluding hydrogens is 231 g/mol. The van der Waals surface area contributed by atoms with E-state index in [0.29, 0.717) is 30.0 Å². The topological polar surface area (TPSA) is 29.5 Å². The third kappa shape index (κ3) is 4.47. The summed E-state index contributed by atoms with van der Waals surface area (Å²) in [6, 6.07) is 4.18. The van der Waals surface area contributed by atoms with Crippen molar-refractivity contribution in [1.29, 1.82) is 0 Å². The third-order valence-corrected chi connectivity index (χ3v) is 2.72. The van der Waals surface area contributed by atoms with E-state index in [9.17, 15) is 9.50 Å². The largest absolute Gasteiger partial charge is 0.393 e. The summed E-state index contributed by atoms with van der Waals surface area (Å²) >= 11 is 5.90. The van der Waals surface area contributed by atoms with Crippen molar-refractivity contribution in [3.05, 3.63) is 34.6 Å². The monoisotopic (exact) mass is 246 g/mol. The van der Waals surface area contributed by atoms with Gasteiger partial charge in [0.05, 0.1) is 6.10 Å². The predicted octanol–water partition coefficient (Wildman–Crippen LogP) is 2.81. The first kappa shape index (κ1) is 13.4. The lowest BCUT2D eigenvalue weighted by Crippen LogP contribution is -2.11. The minimum Gasteiger partial charge on any atom is -0.393 e. The number of hydrogen-bond donors (Lipinski definition) is 1. The van der Waals surface area contributed by atoms with Gasteiger partial charge in [-0.1, -0.05) is 11.6 Å². The third-order valence-electron chi connectivity index (χ3n) is 2.35. The number of aliphatic hydroxyl groups excluding tert-OH is 1. The average Bonchev–Trinajstić information content (AvgIpc) is 2.24. The van der Waals surface area contributed by atoms with Crippen LogP contribution in [0.4, 0.5) is 4.39 Å². The zero-order chi connectivity index (χ0) is 12.0. The summed E-state index contributed by atoms with van der Waals surface area (Å²) in [5.41, 5.74) is 0.645. The lowest BCUT2D eigenvalue weighted by Gasteiger charge is -2.11. The highest BCUT2D eigenvalue weighted by atomic mass is 35.5. The molecule has 0 bridgehead atoms. The Bertz CT molecular complexity index is 331. The van der Waals surface area contributed by atoms with Crippen LogP contribution in [0.15, 0.2) is 18.2 Å². The maximum atomic E-state index is 12.9. The Kier molecular flexibility index (Phi) is 5.74. The molecule has 0 aliphatic heterocycles. The van der Waals surface area contributed by atoms with Gasteiger partial charge in [0, 0.05) is 18.7 Å². The van der Waals surface area contributed by atoms with Crippen LogP contribution in [0.1, 0.15) is 18.4 Å². The first-order valence-corrected chi connectivity index (χ1v) is 5.62. The van der Waals surface area contributed by atoms with Crippen molar-refractivity contribution in [3.63, 3.8) is 0 Å². The fraction of sp³-hybridized carbons (Fsp3) is 0.500. The zero-order valence-corrected chi connectivity index (χ0v) is 10.0. The fourth-order valence-electron chi connectivity index (χ4n) is 1.52. The van der Waals surface area contributed by atoms with Crippen molar-refractivity contribution in [2.45, 2.75) is 25.4 Å². The van der Waals surface area contributed by atoms with Gasteiger partial charge in [-0.25, -0.2) is 4.39 Å². The van der Waals surface area contributed by atoms with Crippen LogP contribution in [0.2, 0.25) is 5.02 Å². The first-order chi connectivity index (χ1) is 7.63. The Labute approximate surface area is 100.0 Å². The van der Waals surface area contributed by atoms with Crippen molar-refractivity contribution >= 4 is 11.6 Å². The Morgan fingerprint density at radius 2 is 2.25 bits per heavy atom. The van der Waals surface area contributed by atoms with Crippen LogP contribution in [0, 0.1) is 5.82 Å². The van der Waals surface area contributed by atoms with Crippen molar-refractivity contribution in [2.75, 3.05) is 13.7 Å². The van der Waals surface area contributed by atoms with E-state index in [0.717, 1.165) is 6.42 Å². The van der Waals surface area contributed by atoms with Gasteiger partial charge in [0.15, 0.2) is 0 Å². The molecule has 0 aliphatic rings. The Hall–Kier alpha value is -0.640. The smallest absolute Gasteiger partial charge is 0.123 e. The molecule has 0 aromatic heterocycles. The van der Waals surface area contributed by atoms with Crippen LogP contribution in [-0.4, -0.2) is 24.9 Å². The van der Waals surface area contributed by atoms with Gasteiger partial charge in [-0.2, -0.15) is 0 Å². The molecule has 0 saturated carbocycles. The second-order valence-corrected chi connectivity index (χ2v) is 4.14. The van der Waals surface area contributed by atoms with Gasteiger partial charge in [0.25, 0.3) is 0 Å². The van der Waals surface area contributed by atoms with E-state index in [1.807, 2.05) is 0 Å². The van der Waals surface area contributed by atoms with Gasteiger partial charge >= 0.3 is 0 Å². The van der Waals surface area contributed by atoms with Crippen molar-refractivity contribution in [3.8, 4) is 0 Å². The van der Waals surface area contributed by atoms with Crippen LogP contribution in [0.25, 0.3) is 0 Å². The van der Waals surface area contributed by atoms with E-state index < -0.39 is 6.10 Å². The molecule has 1 atom stereocenters. The van der Waals surface area contributed by atoms with Gasteiger partial charge in [-0.3, -0.25) is 0 Å². The second kappa shape index (κ2) is 6.84. The number of ether oxygens (including phenoxy) is 1. The molecule has 1 rings (SSSR count). The summed E-state index contributed by atoms with van der Waals surface area (Å²) in [5, 5.41) is 10.2. The quantitative estimate of drug-likeness (QED) is 0.783. The Morgan fingerprint density at radius 1 is 1.50 bits per heavy atom. The van der Waals surface area contributed by atoms with Crippen LogP contribution >= 0.6 is 11.6 Å². The molecule has 0 saturated heterocycles. The number of hydrogen-bond acceptors (Lipinski definition) is 2. The molecule has 2 nitrogen and oxygen atoms in total. The molecule has 1 aromatic rings. The fourth-order valence-corrected chi connectivity index (χ4v) is 1.71. The van der Waals surface area contributed by atoms with Crippen LogP contribution < -0.4 is 0 Å². The van der Waals surface area contributed by atoms with E-state index >= 15 is 0 Å². The molecule has 0 fully saturated rings. The Morgan fingerprint density at radius 3 is 2.94 bits per heavy atom. The maximum absolute atomic E-state index is 12.9. The summed E-state index contributed by atoms with van der Waals surface area (Å²) in [7, 11) is 1.62. The molecule has 0 heterocycles. The summed E-state index contributed by atoms with van der Waals surface area (Å²) in [6.07, 6.45) is 1.28. The Balaban J connectivity index is 2.48. The highest BCUT2D eigenvalue weighted by Crippen LogP contribution is 2.19. The summed E-state index contributed by atoms with van der Waals surface area (Å²) in [5.74, 6) is -0.330. The van der Waals surface area contributed by atoms with Crippen molar-refractivity contribution in [2.24, 2.45) is 0 Å². The standard InChI is InChI=1S/C12H16ClFO2/c1-16-6-2-3-11(15)8-9-7-10(14)4-5-12(9)13/h4-5,7,11,15H,2-3,6,8H2,1H3. The minimum absolute atomic E-state index is 0.330. The van der Waals surface area contributed by atoms with E-state index in [2.05, 4.69) is 0 Å². The number of halogens is 2. The minimum atomic E-state index is -0.505. The summed E-state index contributed by atoms with van der Waals surface area (Å²) in [6.45, 7) is 0.619. The molecule has 0 spiro atoms. The van der Waals surface area contributed by atoms with Crippen LogP contribution in [0.5, 0.6) is 0 Å². The lowest BCUT2D eigenvalue weighted by atomic mass is 10.0. The predicted molar refractivity (Wildman–Crippen MR) is 62.2 cm³/mol. The van der Waals surface area contributed by atoms with Gasteiger partial charge in [0.1, 0.15) is 5.82 Å². The molecule has 90 valence electrons. The molecule has 16 heavy (non-hydrogen) atoms. The van der Waals surface area contributed by atoms with Crippen LogP contribution in [-0.2, 0) is 11.2 Å². The first-order valence-electron chi connectivity index (χ1n) is 5.24. The zero-order valence-electron chi connectivity index (χ0n) is 9.25. The van der Waals surface area contributed by atoms with E-state index in [4.69, 9.17) is 16.3 Å². The molecule has 0 amide bonds. The molecular formula is C12H16ClFO2. The molecule has 0 radical (unpaired) electrons. The summed E-state index contributed by atoms with van der Waals surface area (Å²) in [4.78, 5) is 0. The highest BCUT2D eigenvalue weighted by Gasteiger charge is 2.09. The number of aliphatic hydroxyl groups is 1. The van der Waals surface area contributed by atoms with Crippen molar-refractivity contribution < 1.29 is 14.2 Å². The number of benzene rings is 1. The molecule has 0 aliphatic carbocycles. The van der Waals surface area contributed by atoms with Gasteiger partial charge < -0.3 is 9.84 Å². The molecule has 1 N–H and O–H groups in total. The molecule has 1 aromatic carbocycles. The SMILES string of the molecule is COCCCC(O)Cc1cc(F)ccc1Cl. The van der Waals surface area contributed by atoms with Gasteiger partial charge in [0.2, 0.25) is 0 Å². The average molecular weight is 247 g/mol. The van der Waals surface area contributed by atoms with Gasteiger partial charge in [-0.15, -0.1) is 0 Å². The van der Waals surface area contributed by atoms with Gasteiger partial charge in [-0.05, 0) is 43.0 Å². The van der Waals surface area contributed by atoms with E-state index in [1.54, 1.807) is 7.11 Å². The molecule has 4 heteroatoms. The maximum Gasteiger partial charge on any atom is 0.123 e. The molecule has 1 unspecified atom stereocenters. The lowest BCUT2D eigenvalue weighted by molar-refractivity contribution is 0.135. The summed E-state index contributed by atoms with van der Waals surface area (Å²) < 4.78 is 17.8. The number of methoxy groups -OCH3 is 1. The normalized spacial score (nSPS) is 12.8. The van der Waals surface area contributed by atoms with E-state index in [1.165, 1.54) is 18.2 Å². The van der Waals surface area contributed by atoms with E-state index in [-0.39, 0.29) is 5.82 Å². The van der Waals surface area contributed by atoms with Crippen LogP contribution in [0.3, 0.4) is 0 Å². The van der Waals surface area contributed by atoms with Crippen molar-refractivity contribution in [1.82, 2.24) is 0 Å².